The van der Waals surface area contributed by atoms with E-state index in [1.54, 1.807) is 5.43 Å². The van der Waals surface area contributed by atoms with Crippen molar-refractivity contribution in [3.8, 4) is 0 Å². The summed E-state index contributed by atoms with van der Waals surface area (Å²) in [6, 6.07) is 1.29. The van der Waals surface area contributed by atoms with Crippen LogP contribution in [0.1, 0.15) is 10.4 Å². The van der Waals surface area contributed by atoms with Crippen molar-refractivity contribution in [3.63, 3.8) is 0 Å². The van der Waals surface area contributed by atoms with Gasteiger partial charge in [0.05, 0.1) is 21.5 Å². The second-order valence-electron chi connectivity index (χ2n) is 3.20. The number of primary amides is 1. The number of carbonyl (C=O) groups excluding carboxylic acids is 2. The first-order chi connectivity index (χ1) is 8.81. The average molecular weight is 269 g/mol. The number of rotatable bonds is 3. The van der Waals surface area contributed by atoms with Gasteiger partial charge in [0.2, 0.25) is 0 Å². The molecule has 1 rings (SSSR count). The first kappa shape index (κ1) is 13.8. The third-order valence-electron chi connectivity index (χ3n) is 1.89. The topological polar surface area (TPSA) is 170 Å². The van der Waals surface area contributed by atoms with Crippen LogP contribution in [-0.2, 0) is 0 Å². The Kier molecular flexibility index (Phi) is 3.93. The fourth-order valence-electron chi connectivity index (χ4n) is 1.13. The molecule has 3 amide bonds. The van der Waals surface area contributed by atoms with Crippen LogP contribution in [0, 0.1) is 20.2 Å². The van der Waals surface area contributed by atoms with Crippen LogP contribution in [0.5, 0.6) is 0 Å². The highest BCUT2D eigenvalue weighted by atomic mass is 16.6. The minimum Gasteiger partial charge on any atom is -0.350 e. The van der Waals surface area contributed by atoms with E-state index in [1.807, 2.05) is 5.43 Å². The molecule has 0 saturated carbocycles. The second kappa shape index (κ2) is 5.39. The molecule has 0 spiro atoms. The molecule has 1 aromatic rings. The Bertz CT molecular complexity index is 538. The van der Waals surface area contributed by atoms with Crippen LogP contribution in [0.2, 0.25) is 0 Å². The Balaban J connectivity index is 3.12. The fraction of sp³-hybridized carbons (Fsp3) is 0. The SMILES string of the molecule is NC(=O)NNC(=O)c1cc([N+](=O)[O-])cc([N+](=O)[O-])c1. The number of nitrogens with two attached hydrogens (primary N) is 1. The predicted octanol–water partition coefficient (Wildman–Crippen LogP) is -0.184. The number of hydrogen-bond acceptors (Lipinski definition) is 6. The number of nitro benzene ring substituents is 2. The van der Waals surface area contributed by atoms with Gasteiger partial charge in [-0.2, -0.15) is 0 Å². The molecule has 0 aliphatic heterocycles. The fourth-order valence-corrected chi connectivity index (χ4v) is 1.13. The van der Waals surface area contributed by atoms with Gasteiger partial charge in [-0.05, 0) is 0 Å². The minimum absolute atomic E-state index is 0.366. The summed E-state index contributed by atoms with van der Waals surface area (Å²) in [6.07, 6.45) is 0. The van der Waals surface area contributed by atoms with E-state index in [1.165, 1.54) is 0 Å². The normalized spacial score (nSPS) is 9.47. The monoisotopic (exact) mass is 269 g/mol. The third-order valence-corrected chi connectivity index (χ3v) is 1.89. The maximum atomic E-state index is 11.5. The number of urea groups is 1. The number of nitro groups is 2. The zero-order valence-electron chi connectivity index (χ0n) is 9.15. The molecular formula is C8H7N5O6. The molecule has 0 bridgehead atoms. The number of carbonyl (C=O) groups is 2. The van der Waals surface area contributed by atoms with E-state index in [2.05, 4.69) is 0 Å². The van der Waals surface area contributed by atoms with Crippen LogP contribution < -0.4 is 16.6 Å². The van der Waals surface area contributed by atoms with E-state index < -0.39 is 33.2 Å². The van der Waals surface area contributed by atoms with Gasteiger partial charge >= 0.3 is 6.03 Å². The van der Waals surface area contributed by atoms with Gasteiger partial charge in [0.1, 0.15) is 0 Å². The Morgan fingerprint density at radius 1 is 1.00 bits per heavy atom. The van der Waals surface area contributed by atoms with E-state index in [-0.39, 0.29) is 5.56 Å². The van der Waals surface area contributed by atoms with Gasteiger partial charge in [-0.15, -0.1) is 0 Å². The smallest absolute Gasteiger partial charge is 0.330 e. The van der Waals surface area contributed by atoms with Gasteiger partial charge in [0, 0.05) is 12.1 Å². The number of hydrogen-bond donors (Lipinski definition) is 3. The molecule has 19 heavy (non-hydrogen) atoms. The molecule has 11 nitrogen and oxygen atoms in total. The van der Waals surface area contributed by atoms with Crippen molar-refractivity contribution in [2.45, 2.75) is 0 Å². The van der Waals surface area contributed by atoms with Crippen LogP contribution >= 0.6 is 0 Å². The predicted molar refractivity (Wildman–Crippen MR) is 59.9 cm³/mol. The molecule has 4 N–H and O–H groups in total. The zero-order chi connectivity index (χ0) is 14.6. The summed E-state index contributed by atoms with van der Waals surface area (Å²) in [5, 5.41) is 21.2. The van der Waals surface area contributed by atoms with E-state index in [4.69, 9.17) is 5.73 Å². The second-order valence-corrected chi connectivity index (χ2v) is 3.20. The van der Waals surface area contributed by atoms with Crippen molar-refractivity contribution in [3.05, 3.63) is 44.0 Å². The van der Waals surface area contributed by atoms with Gasteiger partial charge in [0.15, 0.2) is 0 Å². The first-order valence-electron chi connectivity index (χ1n) is 4.61. The Hall–Kier alpha value is -3.24. The molecule has 0 heterocycles. The highest BCUT2D eigenvalue weighted by Crippen LogP contribution is 2.22. The molecule has 0 aliphatic rings. The highest BCUT2D eigenvalue weighted by Gasteiger charge is 2.19. The standard InChI is InChI=1S/C8H7N5O6/c9-8(15)11-10-7(14)4-1-5(12(16)17)3-6(2-4)13(18)19/h1-3H,(H,10,14)(H3,9,11,15). The number of nitrogens with one attached hydrogen (secondary N) is 2. The van der Waals surface area contributed by atoms with Gasteiger partial charge < -0.3 is 5.73 Å². The molecule has 0 aromatic heterocycles. The van der Waals surface area contributed by atoms with Crippen LogP contribution in [0.25, 0.3) is 0 Å². The quantitative estimate of drug-likeness (QED) is 0.507. The van der Waals surface area contributed by atoms with E-state index in [9.17, 15) is 29.8 Å². The molecule has 1 aromatic carbocycles. The van der Waals surface area contributed by atoms with Gasteiger partial charge in [0.25, 0.3) is 17.3 Å². The largest absolute Gasteiger partial charge is 0.350 e. The molecule has 11 heteroatoms. The Morgan fingerprint density at radius 3 is 1.84 bits per heavy atom. The minimum atomic E-state index is -1.06. The summed E-state index contributed by atoms with van der Waals surface area (Å²) in [4.78, 5) is 41.2. The van der Waals surface area contributed by atoms with Crippen molar-refractivity contribution in [2.75, 3.05) is 0 Å². The van der Waals surface area contributed by atoms with Crippen molar-refractivity contribution >= 4 is 23.3 Å². The van der Waals surface area contributed by atoms with E-state index in [0.717, 1.165) is 12.1 Å². The van der Waals surface area contributed by atoms with Crippen LogP contribution in [0.4, 0.5) is 16.2 Å². The molecule has 0 saturated heterocycles. The highest BCUT2D eigenvalue weighted by molar-refractivity contribution is 5.96. The number of nitrogens with zero attached hydrogens (tertiary/aromatic N) is 2. The summed E-state index contributed by atoms with van der Waals surface area (Å²) < 4.78 is 0. The van der Waals surface area contributed by atoms with Crippen molar-refractivity contribution in [2.24, 2.45) is 5.73 Å². The van der Waals surface area contributed by atoms with Crippen LogP contribution in [0.3, 0.4) is 0 Å². The van der Waals surface area contributed by atoms with E-state index >= 15 is 0 Å². The first-order valence-corrected chi connectivity index (χ1v) is 4.61. The molecule has 0 unspecified atom stereocenters. The van der Waals surface area contributed by atoms with Crippen molar-refractivity contribution < 1.29 is 19.4 Å². The van der Waals surface area contributed by atoms with Gasteiger partial charge in [-0.25, -0.2) is 10.2 Å². The number of benzene rings is 1. The molecule has 0 atom stereocenters. The number of hydrazine groups is 1. The lowest BCUT2D eigenvalue weighted by Gasteiger charge is -2.04. The van der Waals surface area contributed by atoms with Crippen LogP contribution in [0.15, 0.2) is 18.2 Å². The lowest BCUT2D eigenvalue weighted by Crippen LogP contribution is -2.44. The Morgan fingerprint density at radius 2 is 1.47 bits per heavy atom. The van der Waals surface area contributed by atoms with E-state index in [0.29, 0.717) is 6.07 Å². The summed E-state index contributed by atoms with van der Waals surface area (Å²) in [6.45, 7) is 0. The summed E-state index contributed by atoms with van der Waals surface area (Å²) >= 11 is 0. The summed E-state index contributed by atoms with van der Waals surface area (Å²) in [5.74, 6) is -0.981. The Labute approximate surface area is 104 Å². The average Bonchev–Trinajstić information content (AvgIpc) is 2.35. The van der Waals surface area contributed by atoms with Gasteiger partial charge in [-0.3, -0.25) is 30.4 Å². The molecule has 0 fully saturated rings. The maximum absolute atomic E-state index is 11.5. The third kappa shape index (κ3) is 3.62. The van der Waals surface area contributed by atoms with Gasteiger partial charge in [-0.1, -0.05) is 0 Å². The molecule has 100 valence electrons. The van der Waals surface area contributed by atoms with Crippen molar-refractivity contribution in [1.29, 1.82) is 0 Å². The van der Waals surface area contributed by atoms with Crippen LogP contribution in [-0.4, -0.2) is 21.8 Å². The number of non-ortho nitro benzene ring substituents is 2. The summed E-state index contributed by atoms with van der Waals surface area (Å²) in [5.41, 5.74) is 6.64. The molecular weight excluding hydrogens is 262 g/mol. The molecule has 0 aliphatic carbocycles. The zero-order valence-corrected chi connectivity index (χ0v) is 9.15. The summed E-state index contributed by atoms with van der Waals surface area (Å²) in [7, 11) is 0. The number of amides is 3. The lowest BCUT2D eigenvalue weighted by molar-refractivity contribution is -0.394. The molecule has 0 radical (unpaired) electrons. The lowest BCUT2D eigenvalue weighted by atomic mass is 10.1. The van der Waals surface area contributed by atoms with Crippen molar-refractivity contribution in [1.82, 2.24) is 10.9 Å². The maximum Gasteiger partial charge on any atom is 0.330 e.